The second-order valence-electron chi connectivity index (χ2n) is 18.8. The van der Waals surface area contributed by atoms with Gasteiger partial charge in [-0.05, 0) is 121 Å². The number of thiophene rings is 1. The molecule has 4 atom stereocenters. The summed E-state index contributed by atoms with van der Waals surface area (Å²) in [6.07, 6.45) is 6.29. The highest BCUT2D eigenvalue weighted by molar-refractivity contribution is 7.12. The molecular weight excluding hydrogens is 864 g/mol. The Morgan fingerprint density at radius 1 is 0.894 bits per heavy atom. The monoisotopic (exact) mass is 918 g/mol. The number of nitrogens with zero attached hydrogens (tertiary/aromatic N) is 5. The summed E-state index contributed by atoms with van der Waals surface area (Å²) >= 11 is 1.66. The molecule has 0 saturated carbocycles. The van der Waals surface area contributed by atoms with E-state index in [9.17, 15) is 14.4 Å². The number of amides is 3. The largest absolute Gasteiger partial charge is 0.464 e. The molecule has 4 aromatic heterocycles. The van der Waals surface area contributed by atoms with Gasteiger partial charge in [0.25, 0.3) is 0 Å². The summed E-state index contributed by atoms with van der Waals surface area (Å²) in [6, 6.07) is 12.3. The van der Waals surface area contributed by atoms with Gasteiger partial charge < -0.3 is 39.1 Å². The molecule has 3 saturated heterocycles. The Morgan fingerprint density at radius 2 is 1.58 bits per heavy atom. The fraction of sp³-hybridized carbons (Fsp3) is 0.449. The van der Waals surface area contributed by atoms with Gasteiger partial charge in [0.05, 0.1) is 64.6 Å². The first-order chi connectivity index (χ1) is 31.7. The van der Waals surface area contributed by atoms with E-state index in [0.29, 0.717) is 85.5 Å². The van der Waals surface area contributed by atoms with Crippen molar-refractivity contribution < 1.29 is 37.7 Å². The fourth-order valence-electron chi connectivity index (χ4n) is 10.0. The molecule has 0 spiro atoms. The highest BCUT2D eigenvalue weighted by Crippen LogP contribution is 2.49. The molecule has 3 amide bonds. The van der Waals surface area contributed by atoms with Crippen LogP contribution >= 0.6 is 11.3 Å². The average molecular weight is 919 g/mol. The van der Waals surface area contributed by atoms with Crippen molar-refractivity contribution in [1.82, 2.24) is 39.6 Å². The lowest BCUT2D eigenvalue weighted by Gasteiger charge is -2.34. The molecule has 2 aromatic carbocycles. The van der Waals surface area contributed by atoms with Gasteiger partial charge >= 0.3 is 12.2 Å². The first-order valence-corrected chi connectivity index (χ1v) is 23.6. The van der Waals surface area contributed by atoms with E-state index in [-0.39, 0.29) is 30.0 Å². The second kappa shape index (κ2) is 17.2. The maximum Gasteiger partial charge on any atom is 0.410 e. The minimum absolute atomic E-state index is 0.0879. The Morgan fingerprint density at radius 3 is 2.24 bits per heavy atom. The summed E-state index contributed by atoms with van der Waals surface area (Å²) in [5.74, 6) is 0.980. The van der Waals surface area contributed by atoms with Crippen LogP contribution < -0.4 is 10.1 Å². The lowest BCUT2D eigenvalue weighted by atomic mass is 9.90. The number of benzene rings is 2. The number of alkyl carbamates (subject to hydrolysis) is 1. The molecule has 8 heterocycles. The van der Waals surface area contributed by atoms with Crippen molar-refractivity contribution in [1.29, 1.82) is 0 Å². The molecule has 17 heteroatoms. The van der Waals surface area contributed by atoms with E-state index in [1.165, 1.54) is 18.1 Å². The molecule has 346 valence electrons. The lowest BCUT2D eigenvalue weighted by Crippen LogP contribution is -2.53. The predicted octanol–water partition coefficient (Wildman–Crippen LogP) is 9.73. The predicted molar refractivity (Wildman–Crippen MR) is 247 cm³/mol. The maximum atomic E-state index is 16.9. The molecule has 3 fully saturated rings. The Kier molecular flexibility index (Phi) is 11.4. The van der Waals surface area contributed by atoms with Crippen LogP contribution in [-0.4, -0.2) is 97.5 Å². The van der Waals surface area contributed by atoms with E-state index < -0.39 is 29.8 Å². The molecule has 4 aliphatic rings. The van der Waals surface area contributed by atoms with Crippen LogP contribution in [-0.2, 0) is 19.0 Å². The number of halogens is 1. The van der Waals surface area contributed by atoms with Gasteiger partial charge in [-0.1, -0.05) is 6.07 Å². The Hall–Kier alpha value is -6.20. The van der Waals surface area contributed by atoms with Crippen LogP contribution in [0.15, 0.2) is 54.9 Å². The molecule has 6 aromatic rings. The highest BCUT2D eigenvalue weighted by atomic mass is 32.1. The van der Waals surface area contributed by atoms with E-state index in [2.05, 4.69) is 45.8 Å². The first-order valence-electron chi connectivity index (χ1n) is 22.8. The number of carbonyl (C=O) groups is 3. The SMILES string of the molecule is COC(=O)NC(C(=O)N1CCC[C@H]1c1ncc(-c2cc(F)c3c(c2)OC(c2cc(C)c(C)s2)n2c-3cc3cc(-c4cnc([C@@H]5CCCN5C(=O)OC(C)(C)C)[nH]4)ccc32)[nH]1)C1CCOCC1. The number of ether oxygens (including phenoxy) is 4. The first kappa shape index (κ1) is 43.7. The normalized spacial score (nSPS) is 20.3. The maximum absolute atomic E-state index is 16.9. The van der Waals surface area contributed by atoms with Crippen molar-refractivity contribution in [3.05, 3.63) is 87.6 Å². The molecule has 0 radical (unpaired) electrons. The molecule has 4 aliphatic heterocycles. The van der Waals surface area contributed by atoms with Gasteiger partial charge in [-0.15, -0.1) is 11.3 Å². The molecule has 15 nitrogen and oxygen atoms in total. The van der Waals surface area contributed by atoms with Crippen LogP contribution in [0.25, 0.3) is 44.7 Å². The molecule has 0 aliphatic carbocycles. The van der Waals surface area contributed by atoms with Gasteiger partial charge in [0, 0.05) is 47.7 Å². The number of aromatic nitrogens is 5. The topological polar surface area (TPSA) is 169 Å². The minimum Gasteiger partial charge on any atom is -0.464 e. The summed E-state index contributed by atoms with van der Waals surface area (Å²) in [5.41, 5.74) is 5.33. The van der Waals surface area contributed by atoms with Gasteiger partial charge in [0.2, 0.25) is 12.1 Å². The van der Waals surface area contributed by atoms with E-state index >= 15 is 4.39 Å². The summed E-state index contributed by atoms with van der Waals surface area (Å²) in [7, 11) is 1.29. The van der Waals surface area contributed by atoms with Gasteiger partial charge in [0.15, 0.2) is 0 Å². The Bertz CT molecular complexity index is 2810. The minimum atomic E-state index is -0.756. The van der Waals surface area contributed by atoms with Gasteiger partial charge in [0.1, 0.15) is 34.9 Å². The molecule has 3 N–H and O–H groups in total. The van der Waals surface area contributed by atoms with E-state index in [1.807, 2.05) is 45.0 Å². The van der Waals surface area contributed by atoms with Crippen molar-refractivity contribution in [2.75, 3.05) is 33.4 Å². The third-order valence-corrected chi connectivity index (χ3v) is 14.6. The number of fused-ring (bicyclic) bond motifs is 5. The van der Waals surface area contributed by atoms with Gasteiger partial charge in [-0.25, -0.2) is 23.9 Å². The summed E-state index contributed by atoms with van der Waals surface area (Å²) < 4.78 is 42.0. The van der Waals surface area contributed by atoms with Crippen molar-refractivity contribution >= 4 is 40.3 Å². The molecule has 10 rings (SSSR count). The smallest absolute Gasteiger partial charge is 0.410 e. The lowest BCUT2D eigenvalue weighted by molar-refractivity contribution is -0.136. The Labute approximate surface area is 386 Å². The number of aryl methyl sites for hydroxylation is 2. The molecule has 0 bridgehead atoms. The summed E-state index contributed by atoms with van der Waals surface area (Å²) in [6.45, 7) is 11.9. The zero-order valence-electron chi connectivity index (χ0n) is 38.0. The van der Waals surface area contributed by atoms with Crippen molar-refractivity contribution in [2.45, 2.75) is 103 Å². The van der Waals surface area contributed by atoms with Crippen LogP contribution in [0, 0.1) is 25.6 Å². The fourth-order valence-corrected chi connectivity index (χ4v) is 11.1. The third kappa shape index (κ3) is 8.09. The second-order valence-corrected chi connectivity index (χ2v) is 20.1. The van der Waals surface area contributed by atoms with Crippen molar-refractivity contribution in [3.8, 4) is 39.5 Å². The van der Waals surface area contributed by atoms with E-state index in [1.54, 1.807) is 33.5 Å². The molecule has 66 heavy (non-hydrogen) atoms. The molecule has 2 unspecified atom stereocenters. The number of rotatable bonds is 8. The van der Waals surface area contributed by atoms with Crippen LogP contribution in [0.5, 0.6) is 5.75 Å². The number of likely N-dealkylation sites (tertiary alicyclic amines) is 2. The van der Waals surface area contributed by atoms with Crippen LogP contribution in [0.3, 0.4) is 0 Å². The number of imidazole rings is 2. The van der Waals surface area contributed by atoms with Crippen LogP contribution in [0.2, 0.25) is 0 Å². The van der Waals surface area contributed by atoms with Crippen molar-refractivity contribution in [2.24, 2.45) is 5.92 Å². The highest BCUT2D eigenvalue weighted by Gasteiger charge is 2.41. The zero-order valence-corrected chi connectivity index (χ0v) is 38.9. The quantitative estimate of drug-likeness (QED) is 0.135. The number of hydrogen-bond acceptors (Lipinski definition) is 10. The number of carbonyl (C=O) groups excluding carboxylic acids is 3. The summed E-state index contributed by atoms with van der Waals surface area (Å²) in [4.78, 5) is 61.8. The number of hydrogen-bond donors (Lipinski definition) is 3. The van der Waals surface area contributed by atoms with Gasteiger partial charge in [-0.2, -0.15) is 0 Å². The number of aromatic amines is 2. The number of H-pyrrole nitrogens is 2. The number of methoxy groups -OCH3 is 1. The third-order valence-electron chi connectivity index (χ3n) is 13.4. The van der Waals surface area contributed by atoms with Crippen LogP contribution in [0.1, 0.15) is 105 Å². The Balaban J connectivity index is 0.962. The molecular formula is C49H55FN8O7S. The van der Waals surface area contributed by atoms with Crippen LogP contribution in [0.4, 0.5) is 14.0 Å². The zero-order chi connectivity index (χ0) is 46.0. The van der Waals surface area contributed by atoms with E-state index in [0.717, 1.165) is 51.9 Å². The standard InChI is InChI=1S/C49H55FN8O7S/c1-26-19-40(66-27(26)2)46-58-35-12-11-29(33-24-51-44(53-33)37-10-8-16-57(37)48(61)65-49(3,4)5)20-31(35)22-38(58)41-32(50)21-30(23-39(41)64-46)34-25-52-43(54-34)36-9-7-15-56(36)45(59)42(55-47(60)62-6)28-13-17-63-18-14-28/h11-12,19-25,28,36-37,42,46H,7-10,13-18H2,1-6H3,(H,51,53)(H,52,54)(H,55,60)/t36-,37-,42?,46?/m0/s1. The van der Waals surface area contributed by atoms with E-state index in [4.69, 9.17) is 28.9 Å². The average Bonchev–Trinajstić information content (AvgIpc) is 4.16. The van der Waals surface area contributed by atoms with Gasteiger partial charge in [-0.3, -0.25) is 14.3 Å². The van der Waals surface area contributed by atoms with Crippen molar-refractivity contribution in [3.63, 3.8) is 0 Å². The summed E-state index contributed by atoms with van der Waals surface area (Å²) in [5, 5.41) is 3.71. The number of nitrogens with one attached hydrogen (secondary N) is 3.